The highest BCUT2D eigenvalue weighted by atomic mass is 32.1. The van der Waals surface area contributed by atoms with E-state index in [0.717, 1.165) is 98.2 Å². The average molecular weight is 903 g/mol. The van der Waals surface area contributed by atoms with E-state index in [1.807, 2.05) is 0 Å². The van der Waals surface area contributed by atoms with Crippen molar-refractivity contribution in [2.45, 2.75) is 0 Å². The number of benzene rings is 9. The lowest BCUT2D eigenvalue weighted by Gasteiger charge is -2.11. The van der Waals surface area contributed by atoms with Crippen LogP contribution in [0.5, 0.6) is 0 Å². The largest absolute Gasteiger partial charge is 0.226 e. The third kappa shape index (κ3) is 7.24. The molecule has 13 aromatic rings. The van der Waals surface area contributed by atoms with Crippen LogP contribution in [0, 0.1) is 0 Å². The van der Waals surface area contributed by atoms with Crippen LogP contribution in [-0.2, 0) is 0 Å². The van der Waals surface area contributed by atoms with Gasteiger partial charge in [-0.25, -0.2) is 19.9 Å². The van der Waals surface area contributed by atoms with Gasteiger partial charge in [0.25, 0.3) is 0 Å². The van der Waals surface area contributed by atoms with Crippen LogP contribution in [0.25, 0.3) is 130 Å². The summed E-state index contributed by atoms with van der Waals surface area (Å²) in [4.78, 5) is 21.2. The van der Waals surface area contributed by atoms with Gasteiger partial charge in [-0.15, -0.1) is 22.7 Å². The zero-order chi connectivity index (χ0) is 45.0. The van der Waals surface area contributed by atoms with E-state index in [1.54, 1.807) is 22.7 Å². The summed E-state index contributed by atoms with van der Waals surface area (Å²) in [5.41, 5.74) is 17.1. The summed E-state index contributed by atoms with van der Waals surface area (Å²) < 4.78 is 4.59. The first-order valence-corrected chi connectivity index (χ1v) is 24.3. The van der Waals surface area contributed by atoms with Crippen molar-refractivity contribution in [1.82, 2.24) is 19.9 Å². The normalized spacial score (nSPS) is 11.5. The molecular weight excluding hydrogens is 865 g/mol. The third-order valence-corrected chi connectivity index (χ3v) is 15.1. The van der Waals surface area contributed by atoms with Crippen molar-refractivity contribution >= 4 is 63.3 Å². The molecule has 0 bridgehead atoms. The molecule has 4 heterocycles. The molecule has 68 heavy (non-hydrogen) atoms. The summed E-state index contributed by atoms with van der Waals surface area (Å²) in [5, 5.41) is 2.29. The summed E-state index contributed by atoms with van der Waals surface area (Å²) in [5.74, 6) is 1.42. The molecule has 0 unspecified atom stereocenters. The summed E-state index contributed by atoms with van der Waals surface area (Å²) in [6.07, 6.45) is 0. The Balaban J connectivity index is 0.852. The first-order chi connectivity index (χ1) is 33.7. The van der Waals surface area contributed by atoms with E-state index in [9.17, 15) is 0 Å². The van der Waals surface area contributed by atoms with E-state index in [0.29, 0.717) is 11.6 Å². The lowest BCUT2D eigenvalue weighted by atomic mass is 9.97. The molecule has 0 aliphatic rings. The van der Waals surface area contributed by atoms with Gasteiger partial charge in [-0.2, -0.15) is 0 Å². The van der Waals surface area contributed by atoms with Crippen LogP contribution in [-0.4, -0.2) is 19.9 Å². The molecule has 0 spiro atoms. The van der Waals surface area contributed by atoms with Gasteiger partial charge in [-0.3, -0.25) is 0 Å². The van der Waals surface area contributed by atoms with Crippen molar-refractivity contribution in [2.75, 3.05) is 0 Å². The van der Waals surface area contributed by atoms with Crippen molar-refractivity contribution in [2.24, 2.45) is 0 Å². The highest BCUT2D eigenvalue weighted by molar-refractivity contribution is 7.26. The van der Waals surface area contributed by atoms with Crippen LogP contribution < -0.4 is 0 Å². The number of hydrogen-bond donors (Lipinski definition) is 0. The second-order valence-electron chi connectivity index (χ2n) is 17.0. The van der Waals surface area contributed by atoms with Gasteiger partial charge in [0.15, 0.2) is 11.6 Å². The summed E-state index contributed by atoms with van der Waals surface area (Å²) >= 11 is 3.51. The first-order valence-electron chi connectivity index (χ1n) is 22.7. The molecule has 0 radical (unpaired) electrons. The molecule has 0 aliphatic heterocycles. The highest BCUT2D eigenvalue weighted by Gasteiger charge is 2.19. The van der Waals surface area contributed by atoms with E-state index in [2.05, 4.69) is 231 Å². The van der Waals surface area contributed by atoms with Crippen molar-refractivity contribution in [3.8, 4) is 89.8 Å². The SMILES string of the molecule is c1ccc(-c2cccc(-c3nc(-c4ccc(-c5cccc(-c6cccc(-c7nc(-c8cccc(-c9ccccc9)c8)c8sc9ccccc9c8n7)c6)c5)cc4)nc4c3sc3ccccc34)c2)cc1. The van der Waals surface area contributed by atoms with Crippen LogP contribution in [0.3, 0.4) is 0 Å². The topological polar surface area (TPSA) is 51.6 Å². The van der Waals surface area contributed by atoms with Crippen molar-refractivity contribution < 1.29 is 0 Å². The Hall–Kier alpha value is -8.42. The van der Waals surface area contributed by atoms with E-state index in [1.165, 1.54) is 20.5 Å². The Kier molecular flexibility index (Phi) is 9.85. The maximum absolute atomic E-state index is 5.36. The fraction of sp³-hybridized carbons (Fsp3) is 0. The molecule has 0 amide bonds. The number of rotatable bonds is 8. The van der Waals surface area contributed by atoms with Crippen molar-refractivity contribution in [3.05, 3.63) is 231 Å². The molecule has 4 aromatic heterocycles. The van der Waals surface area contributed by atoms with Gasteiger partial charge >= 0.3 is 0 Å². The van der Waals surface area contributed by atoms with Crippen molar-refractivity contribution in [3.63, 3.8) is 0 Å². The van der Waals surface area contributed by atoms with Crippen LogP contribution in [0.1, 0.15) is 0 Å². The van der Waals surface area contributed by atoms with Crippen molar-refractivity contribution in [1.29, 1.82) is 0 Å². The zero-order valence-corrected chi connectivity index (χ0v) is 38.2. The van der Waals surface area contributed by atoms with Crippen LogP contribution in [0.4, 0.5) is 0 Å². The van der Waals surface area contributed by atoms with Gasteiger partial charge in [0.1, 0.15) is 0 Å². The Labute approximate surface area is 401 Å². The smallest absolute Gasteiger partial charge is 0.160 e. The van der Waals surface area contributed by atoms with Gasteiger partial charge in [-0.1, -0.05) is 194 Å². The minimum absolute atomic E-state index is 0.706. The predicted molar refractivity (Wildman–Crippen MR) is 287 cm³/mol. The maximum atomic E-state index is 5.36. The minimum atomic E-state index is 0.706. The molecule has 0 fully saturated rings. The standard InChI is InChI=1S/C62H38N4S2/c1-3-15-39(16-4-1)44-20-12-24-48(36-44)55-59-57(51-27-7-9-29-53(51)67-59)65-61(63-55)42-33-31-41(32-34-42)43-19-11-22-46(35-43)47-23-14-26-50(38-47)62-64-56(60-58(66-62)52-28-8-10-30-54(52)68-60)49-25-13-21-45(37-49)40-17-5-2-6-18-40/h1-38H. The van der Waals surface area contributed by atoms with E-state index < -0.39 is 0 Å². The Morgan fingerprint density at radius 1 is 0.235 bits per heavy atom. The lowest BCUT2D eigenvalue weighted by Crippen LogP contribution is -1.94. The highest BCUT2D eigenvalue weighted by Crippen LogP contribution is 2.42. The first kappa shape index (κ1) is 39.9. The number of thiophene rings is 2. The molecule has 0 saturated heterocycles. The molecule has 0 saturated carbocycles. The van der Waals surface area contributed by atoms with Crippen LogP contribution in [0.2, 0.25) is 0 Å². The molecule has 0 aliphatic carbocycles. The van der Waals surface area contributed by atoms with E-state index >= 15 is 0 Å². The zero-order valence-electron chi connectivity index (χ0n) is 36.5. The molecular formula is C62H38N4S2. The molecule has 0 atom stereocenters. The summed E-state index contributed by atoms with van der Waals surface area (Å²) in [6.45, 7) is 0. The number of hydrogen-bond acceptors (Lipinski definition) is 6. The van der Waals surface area contributed by atoms with Gasteiger partial charge in [-0.05, 0) is 80.9 Å². The van der Waals surface area contributed by atoms with Gasteiger partial charge in [0.05, 0.1) is 31.8 Å². The maximum Gasteiger partial charge on any atom is 0.160 e. The average Bonchev–Trinajstić information content (AvgIpc) is 4.00. The van der Waals surface area contributed by atoms with E-state index in [4.69, 9.17) is 19.9 Å². The second kappa shape index (κ2) is 16.8. The monoisotopic (exact) mass is 902 g/mol. The second-order valence-corrected chi connectivity index (χ2v) is 19.1. The Morgan fingerprint density at radius 3 is 1.04 bits per heavy atom. The van der Waals surface area contributed by atoms with Crippen LogP contribution >= 0.6 is 22.7 Å². The number of aromatic nitrogens is 4. The summed E-state index contributed by atoms with van der Waals surface area (Å²) in [7, 11) is 0. The molecule has 4 nitrogen and oxygen atoms in total. The summed E-state index contributed by atoms with van der Waals surface area (Å²) in [6, 6.07) is 81.6. The molecule has 318 valence electrons. The fourth-order valence-electron chi connectivity index (χ4n) is 9.31. The van der Waals surface area contributed by atoms with Gasteiger partial charge in [0.2, 0.25) is 0 Å². The molecule has 6 heteroatoms. The minimum Gasteiger partial charge on any atom is -0.226 e. The third-order valence-electron chi connectivity index (χ3n) is 12.7. The molecule has 9 aromatic carbocycles. The van der Waals surface area contributed by atoms with E-state index in [-0.39, 0.29) is 0 Å². The molecule has 0 N–H and O–H groups in total. The quantitative estimate of drug-likeness (QED) is 0.152. The number of nitrogens with zero attached hydrogens (tertiary/aromatic N) is 4. The lowest BCUT2D eigenvalue weighted by molar-refractivity contribution is 1.24. The fourth-order valence-corrected chi connectivity index (χ4v) is 11.6. The molecule has 13 rings (SSSR count). The van der Waals surface area contributed by atoms with Gasteiger partial charge < -0.3 is 0 Å². The van der Waals surface area contributed by atoms with Crippen LogP contribution in [0.15, 0.2) is 231 Å². The van der Waals surface area contributed by atoms with Gasteiger partial charge in [0, 0.05) is 42.4 Å². The number of fused-ring (bicyclic) bond motifs is 6. The predicted octanol–water partition coefficient (Wildman–Crippen LogP) is 17.3. The Bertz CT molecular complexity index is 4030. The Morgan fingerprint density at radius 2 is 0.559 bits per heavy atom.